The molecule has 2 aromatic carbocycles. The van der Waals surface area contributed by atoms with Crippen molar-refractivity contribution in [2.75, 3.05) is 19.7 Å². The van der Waals surface area contributed by atoms with Gasteiger partial charge in [-0.15, -0.1) is 12.4 Å². The number of aliphatic carboxylic acids is 1. The smallest absolute Gasteiger partial charge is 0.304 e. The van der Waals surface area contributed by atoms with E-state index in [1.807, 2.05) is 42.5 Å². The SMILES string of the molecule is Cl.O=C(O)CCNCC=Cc1ccc(OCCCCc2ccccc2)cc1. The van der Waals surface area contributed by atoms with E-state index in [1.54, 1.807) is 0 Å². The molecule has 2 rings (SSSR count). The molecule has 0 amide bonds. The highest BCUT2D eigenvalue weighted by atomic mass is 35.5. The van der Waals surface area contributed by atoms with Gasteiger partial charge in [0.25, 0.3) is 0 Å². The predicted octanol–water partition coefficient (Wildman–Crippen LogP) is 4.59. The normalized spacial score (nSPS) is 10.5. The summed E-state index contributed by atoms with van der Waals surface area (Å²) in [6, 6.07) is 18.5. The van der Waals surface area contributed by atoms with E-state index in [0.29, 0.717) is 13.1 Å². The van der Waals surface area contributed by atoms with Gasteiger partial charge < -0.3 is 15.2 Å². The molecule has 0 aliphatic heterocycles. The van der Waals surface area contributed by atoms with E-state index >= 15 is 0 Å². The quantitative estimate of drug-likeness (QED) is 0.521. The molecule has 27 heavy (non-hydrogen) atoms. The molecule has 0 unspecified atom stereocenters. The molecule has 0 saturated carbocycles. The van der Waals surface area contributed by atoms with Gasteiger partial charge in [-0.3, -0.25) is 4.79 Å². The first-order valence-electron chi connectivity index (χ1n) is 9.10. The Morgan fingerprint density at radius 1 is 1.04 bits per heavy atom. The number of ether oxygens (including phenoxy) is 1. The molecule has 0 spiro atoms. The monoisotopic (exact) mass is 389 g/mol. The van der Waals surface area contributed by atoms with Crippen LogP contribution in [0.15, 0.2) is 60.7 Å². The van der Waals surface area contributed by atoms with Crippen LogP contribution in [0.2, 0.25) is 0 Å². The van der Waals surface area contributed by atoms with E-state index < -0.39 is 5.97 Å². The van der Waals surface area contributed by atoms with E-state index in [-0.39, 0.29) is 18.8 Å². The van der Waals surface area contributed by atoms with Crippen molar-refractivity contribution in [3.8, 4) is 5.75 Å². The molecule has 0 aliphatic rings. The van der Waals surface area contributed by atoms with Crippen molar-refractivity contribution in [2.45, 2.75) is 25.7 Å². The van der Waals surface area contributed by atoms with Crippen molar-refractivity contribution in [2.24, 2.45) is 0 Å². The van der Waals surface area contributed by atoms with Crippen molar-refractivity contribution < 1.29 is 14.6 Å². The van der Waals surface area contributed by atoms with Gasteiger partial charge in [0.05, 0.1) is 13.0 Å². The van der Waals surface area contributed by atoms with Gasteiger partial charge >= 0.3 is 5.97 Å². The summed E-state index contributed by atoms with van der Waals surface area (Å²) in [7, 11) is 0. The first-order valence-corrected chi connectivity index (χ1v) is 9.10. The van der Waals surface area contributed by atoms with Crippen molar-refractivity contribution in [1.82, 2.24) is 5.32 Å². The molecule has 0 radical (unpaired) electrons. The van der Waals surface area contributed by atoms with E-state index in [4.69, 9.17) is 9.84 Å². The number of halogens is 1. The zero-order chi connectivity index (χ0) is 18.5. The lowest BCUT2D eigenvalue weighted by molar-refractivity contribution is -0.136. The summed E-state index contributed by atoms with van der Waals surface area (Å²) in [6.07, 6.45) is 7.40. The van der Waals surface area contributed by atoms with Crippen molar-refractivity contribution in [1.29, 1.82) is 0 Å². The summed E-state index contributed by atoms with van der Waals surface area (Å²) < 4.78 is 5.79. The highest BCUT2D eigenvalue weighted by Gasteiger charge is 1.96. The zero-order valence-corrected chi connectivity index (χ0v) is 16.3. The highest BCUT2D eigenvalue weighted by molar-refractivity contribution is 5.85. The van der Waals surface area contributed by atoms with Crippen molar-refractivity contribution in [3.63, 3.8) is 0 Å². The molecular weight excluding hydrogens is 362 g/mol. The maximum absolute atomic E-state index is 10.4. The van der Waals surface area contributed by atoms with E-state index in [0.717, 1.165) is 37.2 Å². The van der Waals surface area contributed by atoms with Crippen LogP contribution < -0.4 is 10.1 Å². The minimum absolute atomic E-state index is 0. The lowest BCUT2D eigenvalue weighted by atomic mass is 10.1. The number of rotatable bonds is 12. The van der Waals surface area contributed by atoms with Gasteiger partial charge in [0.1, 0.15) is 5.75 Å². The van der Waals surface area contributed by atoms with Crippen LogP contribution in [0, 0.1) is 0 Å². The molecule has 146 valence electrons. The van der Waals surface area contributed by atoms with Crippen LogP contribution >= 0.6 is 12.4 Å². The first kappa shape index (κ1) is 22.7. The molecule has 2 aromatic rings. The standard InChI is InChI=1S/C22H27NO3.ClH/c24-22(25)15-17-23-16-6-10-20-11-13-21(14-12-20)26-18-5-4-9-19-7-2-1-3-8-19;/h1-3,6-8,10-14,23H,4-5,9,15-18H2,(H,24,25);1H. The number of carboxylic acids is 1. The van der Waals surface area contributed by atoms with Gasteiger partial charge in [-0.1, -0.05) is 54.6 Å². The Kier molecular flexibility index (Phi) is 11.7. The summed E-state index contributed by atoms with van der Waals surface area (Å²) >= 11 is 0. The molecule has 0 aliphatic carbocycles. The van der Waals surface area contributed by atoms with E-state index in [1.165, 1.54) is 5.56 Å². The molecule has 4 nitrogen and oxygen atoms in total. The molecular formula is C22H28ClNO3. The predicted molar refractivity (Wildman–Crippen MR) is 113 cm³/mol. The van der Waals surface area contributed by atoms with Crippen LogP contribution in [0.5, 0.6) is 5.75 Å². The van der Waals surface area contributed by atoms with Crippen LogP contribution in [-0.2, 0) is 11.2 Å². The lowest BCUT2D eigenvalue weighted by Gasteiger charge is -2.06. The van der Waals surface area contributed by atoms with Crippen LogP contribution in [0.3, 0.4) is 0 Å². The number of aryl methyl sites for hydroxylation is 1. The minimum atomic E-state index is -0.780. The number of unbranched alkanes of at least 4 members (excludes halogenated alkanes) is 1. The van der Waals surface area contributed by atoms with Crippen LogP contribution in [-0.4, -0.2) is 30.8 Å². The fourth-order valence-corrected chi connectivity index (χ4v) is 2.52. The second-order valence-electron chi connectivity index (χ2n) is 6.11. The van der Waals surface area contributed by atoms with Gasteiger partial charge in [0, 0.05) is 13.1 Å². The van der Waals surface area contributed by atoms with Gasteiger partial charge in [0.2, 0.25) is 0 Å². The molecule has 5 heteroatoms. The maximum atomic E-state index is 10.4. The van der Waals surface area contributed by atoms with E-state index in [2.05, 4.69) is 29.6 Å². The average molecular weight is 390 g/mol. The second kappa shape index (κ2) is 13.8. The third-order valence-corrected chi connectivity index (χ3v) is 3.94. The van der Waals surface area contributed by atoms with E-state index in [9.17, 15) is 4.79 Å². The lowest BCUT2D eigenvalue weighted by Crippen LogP contribution is -2.17. The summed E-state index contributed by atoms with van der Waals surface area (Å²) in [6.45, 7) is 1.87. The number of carbonyl (C=O) groups is 1. The second-order valence-corrected chi connectivity index (χ2v) is 6.11. The Balaban J connectivity index is 0.00000364. The molecule has 0 atom stereocenters. The topological polar surface area (TPSA) is 58.6 Å². The van der Waals surface area contributed by atoms with Gasteiger partial charge in [0.15, 0.2) is 0 Å². The van der Waals surface area contributed by atoms with Gasteiger partial charge in [-0.2, -0.15) is 0 Å². The molecule has 0 bridgehead atoms. The fraction of sp³-hybridized carbons (Fsp3) is 0.318. The van der Waals surface area contributed by atoms with Gasteiger partial charge in [-0.25, -0.2) is 0 Å². The summed E-state index contributed by atoms with van der Waals surface area (Å²) in [5.74, 6) is 0.110. The van der Waals surface area contributed by atoms with Crippen LogP contribution in [0.1, 0.15) is 30.4 Å². The number of nitrogens with one attached hydrogen (secondary N) is 1. The van der Waals surface area contributed by atoms with Crippen LogP contribution in [0.25, 0.3) is 6.08 Å². The number of carboxylic acid groups (broad SMARTS) is 1. The Hall–Kier alpha value is -2.30. The number of hydrogen-bond acceptors (Lipinski definition) is 3. The fourth-order valence-electron chi connectivity index (χ4n) is 2.52. The zero-order valence-electron chi connectivity index (χ0n) is 15.5. The Morgan fingerprint density at radius 3 is 2.48 bits per heavy atom. The third-order valence-electron chi connectivity index (χ3n) is 3.94. The average Bonchev–Trinajstić information content (AvgIpc) is 2.66. The summed E-state index contributed by atoms with van der Waals surface area (Å²) in [4.78, 5) is 10.4. The Bertz CT molecular complexity index is 672. The Morgan fingerprint density at radius 2 is 1.78 bits per heavy atom. The summed E-state index contributed by atoms with van der Waals surface area (Å²) in [5.41, 5.74) is 2.47. The van der Waals surface area contributed by atoms with Crippen molar-refractivity contribution >= 4 is 24.5 Å². The third kappa shape index (κ3) is 10.4. The molecule has 0 heterocycles. The molecule has 0 fully saturated rings. The first-order chi connectivity index (χ1) is 12.7. The number of hydrogen-bond donors (Lipinski definition) is 2. The number of benzene rings is 2. The molecule has 0 saturated heterocycles. The van der Waals surface area contributed by atoms with Gasteiger partial charge in [-0.05, 0) is 42.5 Å². The highest BCUT2D eigenvalue weighted by Crippen LogP contribution is 2.14. The van der Waals surface area contributed by atoms with Crippen LogP contribution in [0.4, 0.5) is 0 Å². The largest absolute Gasteiger partial charge is 0.494 e. The van der Waals surface area contributed by atoms with Crippen molar-refractivity contribution in [3.05, 3.63) is 71.8 Å². The maximum Gasteiger partial charge on any atom is 0.304 e. The minimum Gasteiger partial charge on any atom is -0.494 e. The summed E-state index contributed by atoms with van der Waals surface area (Å²) in [5, 5.41) is 11.6. The molecule has 2 N–H and O–H groups in total. The Labute approximate surface area is 167 Å². The molecule has 0 aromatic heterocycles.